The fourth-order valence-electron chi connectivity index (χ4n) is 2.22. The van der Waals surface area contributed by atoms with Gasteiger partial charge < -0.3 is 9.84 Å². The van der Waals surface area contributed by atoms with E-state index >= 15 is 0 Å². The predicted octanol–water partition coefficient (Wildman–Crippen LogP) is 1.88. The lowest BCUT2D eigenvalue weighted by Crippen LogP contribution is -2.40. The fraction of sp³-hybridized carbons (Fsp3) is 0.462. The van der Waals surface area contributed by atoms with E-state index in [4.69, 9.17) is 21.4 Å². The standard InChI is InChI=1S/C13H16ClNO5S/c1-8(12-3-2-6-20-12)15-21(18,19)9-4-5-11(14)10(7-9)13(16)17/h4-5,7-8,12,15H,2-3,6H2,1H3,(H,16,17). The number of sulfonamides is 1. The van der Waals surface area contributed by atoms with Gasteiger partial charge in [0, 0.05) is 12.6 Å². The summed E-state index contributed by atoms with van der Waals surface area (Å²) in [7, 11) is -3.82. The van der Waals surface area contributed by atoms with Crippen molar-refractivity contribution in [3.8, 4) is 0 Å². The smallest absolute Gasteiger partial charge is 0.337 e. The van der Waals surface area contributed by atoms with Crippen LogP contribution >= 0.6 is 11.6 Å². The number of hydrogen-bond donors (Lipinski definition) is 2. The highest BCUT2D eigenvalue weighted by Crippen LogP contribution is 2.22. The lowest BCUT2D eigenvalue weighted by atomic mass is 10.1. The molecule has 6 nitrogen and oxygen atoms in total. The summed E-state index contributed by atoms with van der Waals surface area (Å²) in [6.45, 7) is 2.35. The molecule has 0 aromatic heterocycles. The second-order valence-corrected chi connectivity index (χ2v) is 7.03. The van der Waals surface area contributed by atoms with Gasteiger partial charge >= 0.3 is 5.97 Å². The molecule has 1 aliphatic heterocycles. The molecule has 1 aliphatic rings. The first-order chi connectivity index (χ1) is 9.81. The molecule has 0 spiro atoms. The van der Waals surface area contributed by atoms with Gasteiger partial charge in [0.2, 0.25) is 10.0 Å². The molecule has 1 saturated heterocycles. The average molecular weight is 334 g/mol. The van der Waals surface area contributed by atoms with Gasteiger partial charge in [-0.1, -0.05) is 11.6 Å². The summed E-state index contributed by atoms with van der Waals surface area (Å²) in [6, 6.07) is 3.20. The van der Waals surface area contributed by atoms with Crippen molar-refractivity contribution in [3.05, 3.63) is 28.8 Å². The molecule has 0 amide bonds. The molecular formula is C13H16ClNO5S. The van der Waals surface area contributed by atoms with Crippen LogP contribution in [-0.4, -0.2) is 38.2 Å². The van der Waals surface area contributed by atoms with E-state index in [2.05, 4.69) is 4.72 Å². The molecule has 0 aliphatic carbocycles. The van der Waals surface area contributed by atoms with Gasteiger partial charge in [0.25, 0.3) is 0 Å². The summed E-state index contributed by atoms with van der Waals surface area (Å²) in [4.78, 5) is 10.9. The first-order valence-corrected chi connectivity index (χ1v) is 8.34. The van der Waals surface area contributed by atoms with Crippen LogP contribution in [0.3, 0.4) is 0 Å². The molecule has 1 aromatic rings. The monoisotopic (exact) mass is 333 g/mol. The molecule has 0 radical (unpaired) electrons. The Labute approximate surface area is 128 Å². The molecule has 1 fully saturated rings. The molecule has 2 rings (SSSR count). The van der Waals surface area contributed by atoms with Gasteiger partial charge in [-0.3, -0.25) is 0 Å². The van der Waals surface area contributed by atoms with Gasteiger partial charge in [0.05, 0.1) is 21.6 Å². The number of ether oxygens (including phenoxy) is 1. The third-order valence-electron chi connectivity index (χ3n) is 3.34. The first kappa shape index (κ1) is 16.2. The van der Waals surface area contributed by atoms with Crippen molar-refractivity contribution >= 4 is 27.6 Å². The zero-order valence-corrected chi connectivity index (χ0v) is 12.9. The summed E-state index contributed by atoms with van der Waals surface area (Å²) in [5.41, 5.74) is -0.246. The summed E-state index contributed by atoms with van der Waals surface area (Å²) < 4.78 is 32.5. The van der Waals surface area contributed by atoms with E-state index in [0.29, 0.717) is 6.61 Å². The summed E-state index contributed by atoms with van der Waals surface area (Å²) in [5, 5.41) is 8.98. The summed E-state index contributed by atoms with van der Waals surface area (Å²) in [5.74, 6) is -1.27. The van der Waals surface area contributed by atoms with Crippen molar-refractivity contribution < 1.29 is 23.1 Å². The van der Waals surface area contributed by atoms with E-state index in [0.717, 1.165) is 18.9 Å². The van der Waals surface area contributed by atoms with Crippen LogP contribution in [0.1, 0.15) is 30.1 Å². The molecule has 8 heteroatoms. The molecule has 116 valence electrons. The second-order valence-electron chi connectivity index (χ2n) is 4.91. The first-order valence-electron chi connectivity index (χ1n) is 6.48. The van der Waals surface area contributed by atoms with Gasteiger partial charge in [-0.15, -0.1) is 0 Å². The maximum atomic E-state index is 12.3. The Morgan fingerprint density at radius 2 is 2.24 bits per heavy atom. The number of halogens is 1. The Hall–Kier alpha value is -1.15. The maximum absolute atomic E-state index is 12.3. The third-order valence-corrected chi connectivity index (χ3v) is 5.23. The largest absolute Gasteiger partial charge is 0.478 e. The van der Waals surface area contributed by atoms with Crippen molar-refractivity contribution in [2.75, 3.05) is 6.61 Å². The van der Waals surface area contributed by atoms with Crippen molar-refractivity contribution in [2.24, 2.45) is 0 Å². The van der Waals surface area contributed by atoms with Crippen LogP contribution in [0.2, 0.25) is 5.02 Å². The van der Waals surface area contributed by atoms with Crippen LogP contribution in [0.4, 0.5) is 0 Å². The van der Waals surface area contributed by atoms with Crippen LogP contribution in [0.15, 0.2) is 23.1 Å². The Bertz CT molecular complexity index is 640. The SMILES string of the molecule is CC(NS(=O)(=O)c1ccc(Cl)c(C(=O)O)c1)C1CCCO1. The van der Waals surface area contributed by atoms with Gasteiger partial charge in [0.1, 0.15) is 0 Å². The van der Waals surface area contributed by atoms with E-state index in [1.165, 1.54) is 12.1 Å². The lowest BCUT2D eigenvalue weighted by Gasteiger charge is -2.20. The van der Waals surface area contributed by atoms with Gasteiger partial charge in [-0.25, -0.2) is 17.9 Å². The predicted molar refractivity (Wildman–Crippen MR) is 77.2 cm³/mol. The molecule has 0 saturated carbocycles. The number of aromatic carboxylic acids is 1. The maximum Gasteiger partial charge on any atom is 0.337 e. The minimum absolute atomic E-state index is 0.00590. The van der Waals surface area contributed by atoms with E-state index in [-0.39, 0.29) is 27.6 Å². The van der Waals surface area contributed by atoms with E-state index in [1.807, 2.05) is 0 Å². The van der Waals surface area contributed by atoms with Gasteiger partial charge in [-0.05, 0) is 38.0 Å². The molecule has 2 unspecified atom stereocenters. The van der Waals surface area contributed by atoms with Gasteiger partial charge in [-0.2, -0.15) is 0 Å². The van der Waals surface area contributed by atoms with Crippen molar-refractivity contribution in [1.29, 1.82) is 0 Å². The number of benzene rings is 1. The average Bonchev–Trinajstić information content (AvgIpc) is 2.92. The Morgan fingerprint density at radius 3 is 2.81 bits per heavy atom. The quantitative estimate of drug-likeness (QED) is 0.858. The Morgan fingerprint density at radius 1 is 1.52 bits per heavy atom. The zero-order valence-electron chi connectivity index (χ0n) is 11.4. The molecule has 2 N–H and O–H groups in total. The normalized spacial score (nSPS) is 20.4. The van der Waals surface area contributed by atoms with Crippen LogP contribution < -0.4 is 4.72 Å². The molecule has 0 bridgehead atoms. The Kier molecular flexibility index (Phi) is 4.88. The summed E-state index contributed by atoms with van der Waals surface area (Å²) in [6.07, 6.45) is 1.54. The number of hydrogen-bond acceptors (Lipinski definition) is 4. The fourth-order valence-corrected chi connectivity index (χ4v) is 3.72. The van der Waals surface area contributed by atoms with Crippen LogP contribution in [0.5, 0.6) is 0 Å². The second kappa shape index (κ2) is 6.31. The van der Waals surface area contributed by atoms with Crippen molar-refractivity contribution in [2.45, 2.75) is 36.8 Å². The minimum atomic E-state index is -3.82. The van der Waals surface area contributed by atoms with Crippen LogP contribution in [0, 0.1) is 0 Å². The highest BCUT2D eigenvalue weighted by molar-refractivity contribution is 7.89. The number of rotatable bonds is 5. The topological polar surface area (TPSA) is 92.7 Å². The highest BCUT2D eigenvalue weighted by atomic mass is 35.5. The van der Waals surface area contributed by atoms with E-state index < -0.39 is 16.0 Å². The van der Waals surface area contributed by atoms with Crippen LogP contribution in [-0.2, 0) is 14.8 Å². The molecular weight excluding hydrogens is 318 g/mol. The lowest BCUT2D eigenvalue weighted by molar-refractivity contribution is 0.0696. The van der Waals surface area contributed by atoms with Crippen molar-refractivity contribution in [1.82, 2.24) is 4.72 Å². The minimum Gasteiger partial charge on any atom is -0.478 e. The summed E-state index contributed by atoms with van der Waals surface area (Å²) >= 11 is 5.73. The molecule has 21 heavy (non-hydrogen) atoms. The highest BCUT2D eigenvalue weighted by Gasteiger charge is 2.27. The third kappa shape index (κ3) is 3.74. The van der Waals surface area contributed by atoms with Crippen LogP contribution in [0.25, 0.3) is 0 Å². The molecule has 1 heterocycles. The number of carboxylic acid groups (broad SMARTS) is 1. The molecule has 2 atom stereocenters. The van der Waals surface area contributed by atoms with Crippen molar-refractivity contribution in [3.63, 3.8) is 0 Å². The number of carbonyl (C=O) groups is 1. The zero-order chi connectivity index (χ0) is 15.6. The number of nitrogens with one attached hydrogen (secondary N) is 1. The van der Waals surface area contributed by atoms with E-state index in [1.54, 1.807) is 6.92 Å². The van der Waals surface area contributed by atoms with E-state index in [9.17, 15) is 13.2 Å². The molecule has 1 aromatic carbocycles. The number of carboxylic acids is 1. The Balaban J connectivity index is 2.23. The van der Waals surface area contributed by atoms with Gasteiger partial charge in [0.15, 0.2) is 0 Å².